The lowest BCUT2D eigenvalue weighted by molar-refractivity contribution is -0.0415. The summed E-state index contributed by atoms with van der Waals surface area (Å²) in [5.74, 6) is 1.68. The molecule has 0 radical (unpaired) electrons. The van der Waals surface area contributed by atoms with Gasteiger partial charge in [0.25, 0.3) is 0 Å². The fourth-order valence-corrected chi connectivity index (χ4v) is 3.68. The van der Waals surface area contributed by atoms with Gasteiger partial charge < -0.3 is 10.1 Å². The highest BCUT2D eigenvalue weighted by molar-refractivity contribution is 7.09. The lowest BCUT2D eigenvalue weighted by Crippen LogP contribution is -2.48. The van der Waals surface area contributed by atoms with E-state index < -0.39 is 0 Å². The molecule has 3 heterocycles. The van der Waals surface area contributed by atoms with E-state index in [-0.39, 0.29) is 0 Å². The van der Waals surface area contributed by atoms with Crippen molar-refractivity contribution in [3.05, 3.63) is 5.82 Å². The highest BCUT2D eigenvalue weighted by Crippen LogP contribution is 2.39. The van der Waals surface area contributed by atoms with Crippen molar-refractivity contribution in [1.29, 1.82) is 0 Å². The number of hydrogen-bond acceptors (Lipinski definition) is 6. The summed E-state index contributed by atoms with van der Waals surface area (Å²) in [6.45, 7) is 4.05. The summed E-state index contributed by atoms with van der Waals surface area (Å²) in [7, 11) is 0. The van der Waals surface area contributed by atoms with E-state index in [9.17, 15) is 0 Å². The van der Waals surface area contributed by atoms with Crippen molar-refractivity contribution in [2.24, 2.45) is 0 Å². The maximum Gasteiger partial charge on any atom is 0.202 e. The molecule has 1 saturated carbocycles. The summed E-state index contributed by atoms with van der Waals surface area (Å²) < 4.78 is 10.3. The van der Waals surface area contributed by atoms with Crippen molar-refractivity contribution in [2.75, 3.05) is 31.6 Å². The van der Waals surface area contributed by atoms with Gasteiger partial charge in [0.15, 0.2) is 0 Å². The SMILES string of the molecule is C1CC2COC(CNc3nc(C4CC4)ns3)CN2C1. The third-order valence-corrected chi connectivity index (χ3v) is 5.01. The molecule has 4 rings (SSSR count). The Morgan fingerprint density at radius 1 is 1.37 bits per heavy atom. The number of nitrogens with one attached hydrogen (secondary N) is 1. The van der Waals surface area contributed by atoms with Crippen molar-refractivity contribution in [3.63, 3.8) is 0 Å². The van der Waals surface area contributed by atoms with Gasteiger partial charge in [0.05, 0.1) is 12.7 Å². The minimum atomic E-state index is 0.294. The van der Waals surface area contributed by atoms with Crippen molar-refractivity contribution in [1.82, 2.24) is 14.3 Å². The third kappa shape index (κ3) is 2.61. The molecule has 1 N–H and O–H groups in total. The first kappa shape index (κ1) is 12.1. The fourth-order valence-electron chi connectivity index (χ4n) is 3.02. The van der Waals surface area contributed by atoms with Gasteiger partial charge in [-0.25, -0.2) is 4.98 Å². The maximum atomic E-state index is 5.93. The number of rotatable bonds is 4. The molecule has 2 atom stereocenters. The van der Waals surface area contributed by atoms with Crippen molar-refractivity contribution in [2.45, 2.75) is 43.7 Å². The average Bonchev–Trinajstić information content (AvgIpc) is 3.01. The number of ether oxygens (including phenoxy) is 1. The first-order valence-electron chi connectivity index (χ1n) is 7.31. The molecule has 6 heteroatoms. The van der Waals surface area contributed by atoms with Gasteiger partial charge in [0.2, 0.25) is 5.13 Å². The predicted octanol–water partition coefficient (Wildman–Crippen LogP) is 1.69. The van der Waals surface area contributed by atoms with Crippen molar-refractivity contribution >= 4 is 16.7 Å². The minimum absolute atomic E-state index is 0.294. The largest absolute Gasteiger partial charge is 0.373 e. The van der Waals surface area contributed by atoms with Crippen LogP contribution in [-0.2, 0) is 4.74 Å². The highest BCUT2D eigenvalue weighted by atomic mass is 32.1. The quantitative estimate of drug-likeness (QED) is 0.909. The number of morpholine rings is 1. The van der Waals surface area contributed by atoms with Gasteiger partial charge in [-0.1, -0.05) is 0 Å². The van der Waals surface area contributed by atoms with Crippen LogP contribution in [0.15, 0.2) is 0 Å². The molecule has 1 aromatic rings. The molecule has 2 aliphatic heterocycles. The minimum Gasteiger partial charge on any atom is -0.373 e. The molecule has 19 heavy (non-hydrogen) atoms. The van der Waals surface area contributed by atoms with Crippen LogP contribution in [0, 0.1) is 0 Å². The molecule has 2 unspecified atom stereocenters. The standard InChI is InChI=1S/C13H20N4OS/c1-2-10-8-18-11(7-17(10)5-1)6-14-13-15-12(16-19-13)9-3-4-9/h9-11H,1-8H2,(H,14,15,16). The Morgan fingerprint density at radius 2 is 2.32 bits per heavy atom. The van der Waals surface area contributed by atoms with E-state index in [0.29, 0.717) is 18.1 Å². The zero-order chi connectivity index (χ0) is 12.7. The first-order chi connectivity index (χ1) is 9.38. The molecule has 5 nitrogen and oxygen atoms in total. The Labute approximate surface area is 117 Å². The molecule has 104 valence electrons. The van der Waals surface area contributed by atoms with E-state index in [4.69, 9.17) is 4.74 Å². The number of fused-ring (bicyclic) bond motifs is 1. The molecular formula is C13H20N4OS. The lowest BCUT2D eigenvalue weighted by Gasteiger charge is -2.35. The molecule has 0 aromatic carbocycles. The summed E-state index contributed by atoms with van der Waals surface area (Å²) in [6.07, 6.45) is 5.45. The van der Waals surface area contributed by atoms with Crippen LogP contribution < -0.4 is 5.32 Å². The van der Waals surface area contributed by atoms with Crippen LogP contribution in [0.2, 0.25) is 0 Å². The zero-order valence-electron chi connectivity index (χ0n) is 11.0. The lowest BCUT2D eigenvalue weighted by atomic mass is 10.2. The van der Waals surface area contributed by atoms with Crippen molar-refractivity contribution in [3.8, 4) is 0 Å². The maximum absolute atomic E-state index is 5.93. The van der Waals surface area contributed by atoms with Gasteiger partial charge in [-0.2, -0.15) is 4.37 Å². The molecule has 2 saturated heterocycles. The van der Waals surface area contributed by atoms with E-state index in [1.165, 1.54) is 43.8 Å². The highest BCUT2D eigenvalue weighted by Gasteiger charge is 2.32. The van der Waals surface area contributed by atoms with Gasteiger partial charge in [-0.3, -0.25) is 4.90 Å². The van der Waals surface area contributed by atoms with Gasteiger partial charge in [-0.05, 0) is 32.2 Å². The molecule has 0 bridgehead atoms. The number of anilines is 1. The zero-order valence-corrected chi connectivity index (χ0v) is 11.9. The van der Waals surface area contributed by atoms with Crippen LogP contribution in [0.25, 0.3) is 0 Å². The van der Waals surface area contributed by atoms with Gasteiger partial charge >= 0.3 is 0 Å². The molecule has 1 aliphatic carbocycles. The first-order valence-corrected chi connectivity index (χ1v) is 8.09. The second-order valence-electron chi connectivity index (χ2n) is 5.86. The molecule has 1 aromatic heterocycles. The Morgan fingerprint density at radius 3 is 3.21 bits per heavy atom. The predicted molar refractivity (Wildman–Crippen MR) is 74.7 cm³/mol. The average molecular weight is 280 g/mol. The summed E-state index contributed by atoms with van der Waals surface area (Å²) in [6, 6.07) is 0.680. The molecule has 0 spiro atoms. The van der Waals surface area contributed by atoms with Gasteiger partial charge in [0.1, 0.15) is 5.82 Å². The van der Waals surface area contributed by atoms with Crippen LogP contribution in [0.4, 0.5) is 5.13 Å². The summed E-state index contributed by atoms with van der Waals surface area (Å²) >= 11 is 1.48. The van der Waals surface area contributed by atoms with Crippen LogP contribution >= 0.6 is 11.5 Å². The summed E-state index contributed by atoms with van der Waals surface area (Å²) in [5, 5.41) is 4.34. The molecule has 3 aliphatic rings. The second-order valence-corrected chi connectivity index (χ2v) is 6.61. The number of aromatic nitrogens is 2. The third-order valence-electron chi connectivity index (χ3n) is 4.33. The second kappa shape index (κ2) is 5.00. The number of nitrogens with zero attached hydrogens (tertiary/aromatic N) is 3. The normalized spacial score (nSPS) is 31.4. The van der Waals surface area contributed by atoms with E-state index in [1.807, 2.05) is 0 Å². The van der Waals surface area contributed by atoms with E-state index >= 15 is 0 Å². The van der Waals surface area contributed by atoms with E-state index in [0.717, 1.165) is 30.7 Å². The topological polar surface area (TPSA) is 50.3 Å². The Hall–Kier alpha value is -0.720. The van der Waals surface area contributed by atoms with Gasteiger partial charge in [-0.15, -0.1) is 0 Å². The van der Waals surface area contributed by atoms with Crippen LogP contribution in [-0.4, -0.2) is 52.6 Å². The van der Waals surface area contributed by atoms with Crippen LogP contribution in [0.5, 0.6) is 0 Å². The Bertz CT molecular complexity index is 448. The Balaban J connectivity index is 1.29. The smallest absolute Gasteiger partial charge is 0.202 e. The van der Waals surface area contributed by atoms with Crippen molar-refractivity contribution < 1.29 is 4.74 Å². The van der Waals surface area contributed by atoms with Crippen LogP contribution in [0.1, 0.15) is 37.4 Å². The molecular weight excluding hydrogens is 260 g/mol. The van der Waals surface area contributed by atoms with E-state index in [2.05, 4.69) is 19.6 Å². The van der Waals surface area contributed by atoms with Gasteiger partial charge in [0, 0.05) is 36.6 Å². The summed E-state index contributed by atoms with van der Waals surface area (Å²) in [4.78, 5) is 7.13. The number of hydrogen-bond donors (Lipinski definition) is 1. The monoisotopic (exact) mass is 280 g/mol. The molecule has 3 fully saturated rings. The Kier molecular flexibility index (Phi) is 3.17. The van der Waals surface area contributed by atoms with Crippen LogP contribution in [0.3, 0.4) is 0 Å². The summed E-state index contributed by atoms with van der Waals surface area (Å²) in [5.41, 5.74) is 0. The van der Waals surface area contributed by atoms with E-state index in [1.54, 1.807) is 0 Å². The fraction of sp³-hybridized carbons (Fsp3) is 0.846. The molecule has 0 amide bonds.